The minimum absolute atomic E-state index is 0.0851. The van der Waals surface area contributed by atoms with Gasteiger partial charge < -0.3 is 10.6 Å². The number of hydroxylamine groups is 1. The van der Waals surface area contributed by atoms with E-state index in [-0.39, 0.29) is 24.3 Å². The lowest BCUT2D eigenvalue weighted by Crippen LogP contribution is -2.49. The van der Waals surface area contributed by atoms with Crippen molar-refractivity contribution >= 4 is 29.0 Å². The highest BCUT2D eigenvalue weighted by molar-refractivity contribution is 7.80. The smallest absolute Gasteiger partial charge is 0.244 e. The van der Waals surface area contributed by atoms with Gasteiger partial charge in [-0.15, -0.1) is 0 Å². The molecule has 1 fully saturated rings. The number of amides is 2. The Morgan fingerprint density at radius 1 is 1.17 bits per heavy atom. The van der Waals surface area contributed by atoms with E-state index in [1.165, 1.54) is 19.3 Å². The van der Waals surface area contributed by atoms with Gasteiger partial charge in [0, 0.05) is 13.5 Å². The van der Waals surface area contributed by atoms with Gasteiger partial charge in [-0.1, -0.05) is 81.6 Å². The largest absolute Gasteiger partial charge is 0.381 e. The van der Waals surface area contributed by atoms with Crippen molar-refractivity contribution in [1.82, 2.24) is 16.1 Å². The molecule has 1 aromatic carbocycles. The third-order valence-electron chi connectivity index (χ3n) is 6.19. The summed E-state index contributed by atoms with van der Waals surface area (Å²) in [6.07, 6.45) is 7.48. The molecule has 0 heterocycles. The van der Waals surface area contributed by atoms with Gasteiger partial charge in [0.1, 0.15) is 0 Å². The van der Waals surface area contributed by atoms with Gasteiger partial charge in [0.25, 0.3) is 0 Å². The van der Waals surface area contributed by atoms with Crippen LogP contribution in [0, 0.1) is 11.8 Å². The van der Waals surface area contributed by atoms with Crippen molar-refractivity contribution in [2.45, 2.75) is 70.3 Å². The van der Waals surface area contributed by atoms with E-state index in [4.69, 9.17) is 17.4 Å². The normalized spacial score (nSPS) is 17.4. The summed E-state index contributed by atoms with van der Waals surface area (Å²) >= 11 is 5.50. The summed E-state index contributed by atoms with van der Waals surface area (Å²) in [5, 5.41) is 15.2. The number of carbonyl (C=O) groups excluding carboxylic acids is 2. The van der Waals surface area contributed by atoms with Crippen molar-refractivity contribution < 1.29 is 14.8 Å². The highest BCUT2D eigenvalue weighted by atomic mass is 32.1. The van der Waals surface area contributed by atoms with E-state index >= 15 is 0 Å². The van der Waals surface area contributed by atoms with Crippen molar-refractivity contribution in [3.05, 3.63) is 35.9 Å². The van der Waals surface area contributed by atoms with E-state index in [0.717, 1.165) is 24.8 Å². The van der Waals surface area contributed by atoms with Crippen LogP contribution in [0.3, 0.4) is 0 Å². The Morgan fingerprint density at radius 3 is 2.40 bits per heavy atom. The van der Waals surface area contributed by atoms with Gasteiger partial charge >= 0.3 is 0 Å². The van der Waals surface area contributed by atoms with Gasteiger partial charge in [0.05, 0.1) is 16.9 Å². The Balaban J connectivity index is 2.20. The quantitative estimate of drug-likeness (QED) is 0.257. The molecule has 0 aliphatic heterocycles. The molecule has 7 heteroatoms. The van der Waals surface area contributed by atoms with E-state index in [0.29, 0.717) is 17.3 Å². The second kappa shape index (κ2) is 12.6. The first-order valence-electron chi connectivity index (χ1n) is 11.0. The van der Waals surface area contributed by atoms with Crippen LogP contribution in [0.4, 0.5) is 0 Å². The molecule has 0 saturated heterocycles. The third kappa shape index (κ3) is 7.06. The lowest BCUT2D eigenvalue weighted by atomic mass is 9.80. The molecule has 1 aromatic rings. The predicted octanol–water partition coefficient (Wildman–Crippen LogP) is 3.69. The molecular weight excluding hydrogens is 398 g/mol. The number of hydrogen-bond donors (Lipinski definition) is 4. The zero-order chi connectivity index (χ0) is 21.9. The monoisotopic (exact) mass is 433 g/mol. The Kier molecular flexibility index (Phi) is 10.2. The van der Waals surface area contributed by atoms with Gasteiger partial charge in [-0.3, -0.25) is 14.8 Å². The Hall–Kier alpha value is -1.99. The van der Waals surface area contributed by atoms with Crippen molar-refractivity contribution in [3.8, 4) is 0 Å². The Labute approximate surface area is 185 Å². The van der Waals surface area contributed by atoms with Gasteiger partial charge in [0.2, 0.25) is 11.8 Å². The maximum Gasteiger partial charge on any atom is 0.244 e. The molecule has 1 aliphatic rings. The van der Waals surface area contributed by atoms with Crippen LogP contribution in [0.15, 0.2) is 30.3 Å². The highest BCUT2D eigenvalue weighted by Gasteiger charge is 2.33. The summed E-state index contributed by atoms with van der Waals surface area (Å²) in [6.45, 7) is 2.01. The number of nitrogens with one attached hydrogen (secondary N) is 3. The molecule has 3 unspecified atom stereocenters. The predicted molar refractivity (Wildman–Crippen MR) is 122 cm³/mol. The van der Waals surface area contributed by atoms with E-state index in [1.807, 2.05) is 37.3 Å². The summed E-state index contributed by atoms with van der Waals surface area (Å²) in [5.41, 5.74) is 2.68. The molecule has 2 amide bonds. The third-order valence-corrected chi connectivity index (χ3v) is 6.68. The van der Waals surface area contributed by atoms with E-state index in [1.54, 1.807) is 12.5 Å². The Morgan fingerprint density at radius 2 is 1.83 bits per heavy atom. The molecule has 6 nitrogen and oxygen atoms in total. The van der Waals surface area contributed by atoms with E-state index < -0.39 is 11.8 Å². The molecule has 0 bridgehead atoms. The van der Waals surface area contributed by atoms with Gasteiger partial charge in [-0.05, 0) is 30.2 Å². The second-order valence-electron chi connectivity index (χ2n) is 8.19. The van der Waals surface area contributed by atoms with Crippen LogP contribution in [0.25, 0.3) is 0 Å². The maximum absolute atomic E-state index is 13.4. The number of benzene rings is 1. The van der Waals surface area contributed by atoms with Crippen LogP contribution < -0.4 is 16.1 Å². The van der Waals surface area contributed by atoms with Gasteiger partial charge in [-0.25, -0.2) is 5.48 Å². The maximum atomic E-state index is 13.4. The highest BCUT2D eigenvalue weighted by Crippen LogP contribution is 2.32. The number of thiocarbonyl (C=S) groups is 1. The van der Waals surface area contributed by atoms with Crippen molar-refractivity contribution in [2.24, 2.45) is 11.8 Å². The first kappa shape index (κ1) is 24.3. The number of hydrogen-bond acceptors (Lipinski definition) is 4. The number of carbonyl (C=O) groups is 2. The summed E-state index contributed by atoms with van der Waals surface area (Å²) in [6, 6.07) is 9.49. The summed E-state index contributed by atoms with van der Waals surface area (Å²) < 4.78 is 0. The lowest BCUT2D eigenvalue weighted by Gasteiger charge is -2.31. The number of likely N-dealkylation sites (N-methyl/N-ethyl adjacent to an activating group) is 1. The Bertz CT molecular complexity index is 692. The van der Waals surface area contributed by atoms with Crippen LogP contribution in [-0.4, -0.2) is 35.1 Å². The molecule has 30 heavy (non-hydrogen) atoms. The SMILES string of the molecule is CCC(c1ccccc1)C(CC(=O)NO)C(=O)NC(CC1CCCCC1)C(=S)NC. The van der Waals surface area contributed by atoms with Crippen molar-refractivity contribution in [3.63, 3.8) is 0 Å². The minimum atomic E-state index is -0.599. The summed E-state index contributed by atoms with van der Waals surface area (Å²) in [5.74, 6) is -0.956. The van der Waals surface area contributed by atoms with Crippen molar-refractivity contribution in [2.75, 3.05) is 7.05 Å². The molecular formula is C23H35N3O3S. The molecule has 0 aromatic heterocycles. The zero-order valence-electron chi connectivity index (χ0n) is 18.0. The van der Waals surface area contributed by atoms with Crippen LogP contribution in [0.5, 0.6) is 0 Å². The van der Waals surface area contributed by atoms with Crippen molar-refractivity contribution in [1.29, 1.82) is 0 Å². The first-order chi connectivity index (χ1) is 14.5. The molecule has 3 atom stereocenters. The standard InChI is InChI=1S/C23H35N3O3S/c1-3-18(17-12-8-5-9-13-17)19(15-21(27)26-29)22(28)25-20(23(30)24-2)14-16-10-6-4-7-11-16/h5,8-9,12-13,16,18-20,29H,3-4,6-7,10-11,14-15H2,1-2H3,(H,24,30)(H,25,28)(H,26,27). The van der Waals surface area contributed by atoms with Crippen LogP contribution in [-0.2, 0) is 9.59 Å². The summed E-state index contributed by atoms with van der Waals surface area (Å²) in [7, 11) is 1.78. The fraction of sp³-hybridized carbons (Fsp3) is 0.609. The average Bonchev–Trinajstić information content (AvgIpc) is 2.79. The molecule has 0 spiro atoms. The molecule has 1 aliphatic carbocycles. The van der Waals surface area contributed by atoms with Gasteiger partial charge in [-0.2, -0.15) is 0 Å². The second-order valence-corrected chi connectivity index (χ2v) is 8.63. The van der Waals surface area contributed by atoms with Crippen LogP contribution in [0.1, 0.15) is 69.8 Å². The molecule has 4 N–H and O–H groups in total. The van der Waals surface area contributed by atoms with Gasteiger partial charge in [0.15, 0.2) is 0 Å². The number of rotatable bonds is 10. The zero-order valence-corrected chi connectivity index (χ0v) is 18.8. The molecule has 1 saturated carbocycles. The topological polar surface area (TPSA) is 90.5 Å². The van der Waals surface area contributed by atoms with E-state index in [9.17, 15) is 9.59 Å². The van der Waals surface area contributed by atoms with Crippen LogP contribution >= 0.6 is 12.2 Å². The van der Waals surface area contributed by atoms with Crippen LogP contribution in [0.2, 0.25) is 0 Å². The fourth-order valence-corrected chi connectivity index (χ4v) is 4.71. The molecule has 2 rings (SSSR count). The lowest BCUT2D eigenvalue weighted by molar-refractivity contribution is -0.135. The first-order valence-corrected chi connectivity index (χ1v) is 11.4. The average molecular weight is 434 g/mol. The van der Waals surface area contributed by atoms with E-state index in [2.05, 4.69) is 10.6 Å². The minimum Gasteiger partial charge on any atom is -0.381 e. The molecule has 166 valence electrons. The summed E-state index contributed by atoms with van der Waals surface area (Å²) in [4.78, 5) is 26.0. The fourth-order valence-electron chi connectivity index (χ4n) is 4.56. The molecule has 0 radical (unpaired) electrons.